The fraction of sp³-hybridized carbons (Fsp3) is 0.474. The number of likely N-dealkylation sites (N-methyl/N-ethyl adjacent to an activating group) is 1. The Kier molecular flexibility index (Phi) is 6.87. The Morgan fingerprint density at radius 1 is 1.50 bits per heavy atom. The number of fused-ring (bicyclic) bond motifs is 1. The molecule has 0 aromatic heterocycles. The van der Waals surface area contributed by atoms with Crippen LogP contribution in [0.5, 0.6) is 5.75 Å². The minimum absolute atomic E-state index is 0.0414. The van der Waals surface area contributed by atoms with Gasteiger partial charge < -0.3 is 24.6 Å². The van der Waals surface area contributed by atoms with Gasteiger partial charge in [-0.1, -0.05) is 5.92 Å². The first-order chi connectivity index (χ1) is 12.5. The van der Waals surface area contributed by atoms with Gasteiger partial charge in [-0.15, -0.1) is 6.42 Å². The summed E-state index contributed by atoms with van der Waals surface area (Å²) in [5, 5.41) is 2.79. The van der Waals surface area contributed by atoms with Gasteiger partial charge in [0.1, 0.15) is 12.4 Å². The number of benzene rings is 1. The summed E-state index contributed by atoms with van der Waals surface area (Å²) in [4.78, 5) is 28.0. The van der Waals surface area contributed by atoms with Crippen molar-refractivity contribution in [1.29, 1.82) is 0 Å². The summed E-state index contributed by atoms with van der Waals surface area (Å²) in [5.41, 5.74) is 1.32. The standard InChI is InChI=1S/C19H25N3O4/c1-5-9-21(2)18(23)12-15-13-26-17-7-6-14(11-16(17)22(15)3)19(24)20-8-10-25-4/h1,6-7,11,15H,8-10,12-13H2,2-4H3,(H,20,24). The van der Waals surface area contributed by atoms with E-state index < -0.39 is 0 Å². The van der Waals surface area contributed by atoms with Gasteiger partial charge in [-0.25, -0.2) is 0 Å². The average Bonchev–Trinajstić information content (AvgIpc) is 2.64. The highest BCUT2D eigenvalue weighted by Crippen LogP contribution is 2.34. The summed E-state index contributed by atoms with van der Waals surface area (Å²) in [5.74, 6) is 2.94. The van der Waals surface area contributed by atoms with Gasteiger partial charge in [0, 0.05) is 33.3 Å². The maximum atomic E-state index is 12.3. The number of carbonyl (C=O) groups excluding carboxylic acids is 2. The second kappa shape index (κ2) is 9.11. The Morgan fingerprint density at radius 2 is 2.27 bits per heavy atom. The van der Waals surface area contributed by atoms with Crippen LogP contribution in [0.1, 0.15) is 16.8 Å². The number of rotatable bonds is 7. The number of anilines is 1. The summed E-state index contributed by atoms with van der Waals surface area (Å²) < 4.78 is 10.7. The highest BCUT2D eigenvalue weighted by atomic mass is 16.5. The molecule has 0 spiro atoms. The first-order valence-electron chi connectivity index (χ1n) is 8.42. The molecule has 140 valence electrons. The Balaban J connectivity index is 2.09. The van der Waals surface area contributed by atoms with Crippen LogP contribution >= 0.6 is 0 Å². The lowest BCUT2D eigenvalue weighted by Gasteiger charge is -2.36. The van der Waals surface area contributed by atoms with Gasteiger partial charge in [0.25, 0.3) is 5.91 Å². The molecule has 1 aliphatic heterocycles. The number of ether oxygens (including phenoxy) is 2. The van der Waals surface area contributed by atoms with Crippen molar-refractivity contribution in [3.05, 3.63) is 23.8 Å². The molecule has 1 aliphatic rings. The van der Waals surface area contributed by atoms with Gasteiger partial charge in [-0.2, -0.15) is 0 Å². The lowest BCUT2D eigenvalue weighted by Crippen LogP contribution is -2.44. The van der Waals surface area contributed by atoms with E-state index >= 15 is 0 Å². The smallest absolute Gasteiger partial charge is 0.251 e. The molecular formula is C19H25N3O4. The zero-order valence-electron chi connectivity index (χ0n) is 15.4. The van der Waals surface area contributed by atoms with Gasteiger partial charge in [0.05, 0.1) is 31.3 Å². The van der Waals surface area contributed by atoms with Gasteiger partial charge >= 0.3 is 0 Å². The van der Waals surface area contributed by atoms with E-state index in [1.807, 2.05) is 11.9 Å². The molecular weight excluding hydrogens is 334 g/mol. The van der Waals surface area contributed by atoms with Crippen LogP contribution in [-0.4, -0.2) is 70.3 Å². The van der Waals surface area contributed by atoms with Crippen LogP contribution in [-0.2, 0) is 9.53 Å². The third-order valence-electron chi connectivity index (χ3n) is 4.34. The highest BCUT2D eigenvalue weighted by Gasteiger charge is 2.28. The van der Waals surface area contributed by atoms with E-state index in [0.29, 0.717) is 37.5 Å². The first-order valence-corrected chi connectivity index (χ1v) is 8.42. The molecule has 0 saturated heterocycles. The molecule has 0 aliphatic carbocycles. The topological polar surface area (TPSA) is 71.1 Å². The van der Waals surface area contributed by atoms with Crippen LogP contribution in [0.4, 0.5) is 5.69 Å². The van der Waals surface area contributed by atoms with Crippen molar-refractivity contribution < 1.29 is 19.1 Å². The van der Waals surface area contributed by atoms with Crippen molar-refractivity contribution in [2.45, 2.75) is 12.5 Å². The van der Waals surface area contributed by atoms with Gasteiger partial charge in [-0.05, 0) is 18.2 Å². The van der Waals surface area contributed by atoms with Crippen molar-refractivity contribution in [3.63, 3.8) is 0 Å². The van der Waals surface area contributed by atoms with Gasteiger partial charge in [0.2, 0.25) is 5.91 Å². The molecule has 1 aromatic carbocycles. The minimum atomic E-state index is -0.176. The molecule has 7 nitrogen and oxygen atoms in total. The van der Waals surface area contributed by atoms with Gasteiger partial charge in [0.15, 0.2) is 0 Å². The lowest BCUT2D eigenvalue weighted by atomic mass is 10.1. The van der Waals surface area contributed by atoms with Crippen LogP contribution < -0.4 is 15.0 Å². The SMILES string of the molecule is C#CCN(C)C(=O)CC1COc2ccc(C(=O)NCCOC)cc2N1C. The Hall–Kier alpha value is -2.72. The molecule has 2 rings (SSSR count). The quantitative estimate of drug-likeness (QED) is 0.574. The van der Waals surface area contributed by atoms with Crippen LogP contribution in [0.2, 0.25) is 0 Å². The highest BCUT2D eigenvalue weighted by molar-refractivity contribution is 5.95. The maximum absolute atomic E-state index is 12.3. The third-order valence-corrected chi connectivity index (χ3v) is 4.34. The predicted octanol–water partition coefficient (Wildman–Crippen LogP) is 0.742. The number of amides is 2. The van der Waals surface area contributed by atoms with Gasteiger partial charge in [-0.3, -0.25) is 9.59 Å². The van der Waals surface area contributed by atoms with Crippen molar-refractivity contribution >= 4 is 17.5 Å². The van der Waals surface area contributed by atoms with Crippen molar-refractivity contribution in [2.75, 3.05) is 52.4 Å². The normalized spacial score (nSPS) is 15.5. The third kappa shape index (κ3) is 4.67. The Labute approximate surface area is 154 Å². The Bertz CT molecular complexity index is 699. The van der Waals surface area contributed by atoms with E-state index in [9.17, 15) is 9.59 Å². The average molecular weight is 359 g/mol. The summed E-state index contributed by atoms with van der Waals surface area (Å²) in [6.45, 7) is 1.57. The summed E-state index contributed by atoms with van der Waals surface area (Å²) in [6, 6.07) is 5.15. The van der Waals surface area contributed by atoms with Crippen LogP contribution in [0, 0.1) is 12.3 Å². The summed E-state index contributed by atoms with van der Waals surface area (Å²) >= 11 is 0. The van der Waals surface area contributed by atoms with Crippen molar-refractivity contribution in [3.8, 4) is 18.1 Å². The number of nitrogens with one attached hydrogen (secondary N) is 1. The number of terminal acetylenes is 1. The number of hydrogen-bond donors (Lipinski definition) is 1. The molecule has 0 radical (unpaired) electrons. The monoisotopic (exact) mass is 359 g/mol. The van der Waals surface area contributed by atoms with E-state index in [0.717, 1.165) is 5.69 Å². The molecule has 1 heterocycles. The number of hydrogen-bond acceptors (Lipinski definition) is 5. The molecule has 7 heteroatoms. The molecule has 0 saturated carbocycles. The fourth-order valence-electron chi connectivity index (χ4n) is 2.70. The van der Waals surface area contributed by atoms with E-state index in [-0.39, 0.29) is 24.4 Å². The summed E-state index contributed by atoms with van der Waals surface area (Å²) in [6.07, 6.45) is 5.54. The van der Waals surface area contributed by atoms with E-state index in [1.165, 1.54) is 4.90 Å². The molecule has 0 bridgehead atoms. The molecule has 1 unspecified atom stereocenters. The zero-order valence-corrected chi connectivity index (χ0v) is 15.4. The van der Waals surface area contributed by atoms with E-state index in [1.54, 1.807) is 32.4 Å². The van der Waals surface area contributed by atoms with Crippen LogP contribution in [0.3, 0.4) is 0 Å². The van der Waals surface area contributed by atoms with Crippen LogP contribution in [0.15, 0.2) is 18.2 Å². The van der Waals surface area contributed by atoms with Crippen LogP contribution in [0.25, 0.3) is 0 Å². The molecule has 1 atom stereocenters. The second-order valence-electron chi connectivity index (χ2n) is 6.16. The summed E-state index contributed by atoms with van der Waals surface area (Å²) in [7, 11) is 5.16. The van der Waals surface area contributed by atoms with E-state index in [2.05, 4.69) is 11.2 Å². The number of carbonyl (C=O) groups is 2. The Morgan fingerprint density at radius 3 is 2.96 bits per heavy atom. The fourth-order valence-corrected chi connectivity index (χ4v) is 2.70. The first kappa shape index (κ1) is 19.6. The molecule has 1 aromatic rings. The molecule has 0 fully saturated rings. The predicted molar refractivity (Wildman–Crippen MR) is 99.4 cm³/mol. The maximum Gasteiger partial charge on any atom is 0.251 e. The van der Waals surface area contributed by atoms with E-state index in [4.69, 9.17) is 15.9 Å². The largest absolute Gasteiger partial charge is 0.489 e. The number of methoxy groups -OCH3 is 1. The number of nitrogens with zero attached hydrogens (tertiary/aromatic N) is 2. The van der Waals surface area contributed by atoms with Crippen molar-refractivity contribution in [2.24, 2.45) is 0 Å². The minimum Gasteiger partial charge on any atom is -0.489 e. The second-order valence-corrected chi connectivity index (χ2v) is 6.16. The zero-order chi connectivity index (χ0) is 19.1. The lowest BCUT2D eigenvalue weighted by molar-refractivity contribution is -0.129. The molecule has 26 heavy (non-hydrogen) atoms. The van der Waals surface area contributed by atoms with Crippen molar-refractivity contribution in [1.82, 2.24) is 10.2 Å². The molecule has 1 N–H and O–H groups in total. The molecule has 2 amide bonds.